The van der Waals surface area contributed by atoms with Crippen LogP contribution in [0.1, 0.15) is 6.42 Å². The molecule has 1 aromatic heterocycles. The zero-order valence-electron chi connectivity index (χ0n) is 17.4. The first kappa shape index (κ1) is 22.1. The number of hydrogen-bond donors (Lipinski definition) is 2. The summed E-state index contributed by atoms with van der Waals surface area (Å²) in [5, 5.41) is 24.4. The van der Waals surface area contributed by atoms with Gasteiger partial charge in [0.1, 0.15) is 23.1 Å². The van der Waals surface area contributed by atoms with Gasteiger partial charge < -0.3 is 33.8 Å². The Morgan fingerprint density at radius 3 is 2.75 bits per heavy atom. The van der Waals surface area contributed by atoms with Crippen molar-refractivity contribution in [1.29, 1.82) is 0 Å². The molecule has 4 rings (SSSR count). The molecule has 0 spiro atoms. The summed E-state index contributed by atoms with van der Waals surface area (Å²) in [6, 6.07) is 4.77. The van der Waals surface area contributed by atoms with Gasteiger partial charge in [-0.1, -0.05) is 17.3 Å². The lowest BCUT2D eigenvalue weighted by Gasteiger charge is -2.43. The molecule has 0 radical (unpaired) electrons. The van der Waals surface area contributed by atoms with E-state index in [1.807, 2.05) is 0 Å². The van der Waals surface area contributed by atoms with Crippen LogP contribution in [0.4, 0.5) is 5.69 Å². The number of nitrogens with zero attached hydrogens (tertiary/aromatic N) is 2. The Hall–Kier alpha value is -3.08. The van der Waals surface area contributed by atoms with Crippen LogP contribution >= 0.6 is 11.6 Å². The molecule has 2 N–H and O–H groups in total. The Labute approximate surface area is 187 Å². The zero-order valence-corrected chi connectivity index (χ0v) is 18.2. The average molecular weight is 465 g/mol. The standard InChI is InChI=1S/C21H21ClN2O8/c1-24(12-8-10-4-6-14(29-2)17(30-3)16(10)31-20(12)27)19(26)11-9-21(28)15(22)7-5-13(25)18(21)32-23-11/h4-8,13,15,18,25,28H,9H2,1-3H3/t13-,15-,18+,21+/m1/s1. The van der Waals surface area contributed by atoms with Crippen molar-refractivity contribution in [2.45, 2.75) is 29.6 Å². The number of halogens is 1. The summed E-state index contributed by atoms with van der Waals surface area (Å²) >= 11 is 6.21. The first-order valence-corrected chi connectivity index (χ1v) is 10.1. The van der Waals surface area contributed by atoms with E-state index in [1.165, 1.54) is 39.5 Å². The molecule has 0 fully saturated rings. The quantitative estimate of drug-likeness (QED) is 0.392. The fourth-order valence-corrected chi connectivity index (χ4v) is 4.12. The predicted octanol–water partition coefficient (Wildman–Crippen LogP) is 1.19. The molecule has 4 atom stereocenters. The minimum atomic E-state index is -1.75. The third-order valence-corrected chi connectivity index (χ3v) is 6.15. The number of fused-ring (bicyclic) bond motifs is 2. The maximum Gasteiger partial charge on any atom is 0.360 e. The predicted molar refractivity (Wildman–Crippen MR) is 116 cm³/mol. The normalized spacial score (nSPS) is 26.7. The number of amides is 1. The monoisotopic (exact) mass is 464 g/mol. The molecule has 0 saturated heterocycles. The molecule has 11 heteroatoms. The van der Waals surface area contributed by atoms with Crippen molar-refractivity contribution in [3.8, 4) is 11.5 Å². The van der Waals surface area contributed by atoms with Crippen LogP contribution in [0.2, 0.25) is 0 Å². The zero-order chi connectivity index (χ0) is 23.2. The minimum Gasteiger partial charge on any atom is -0.493 e. The summed E-state index contributed by atoms with van der Waals surface area (Å²) in [7, 11) is 4.25. The van der Waals surface area contributed by atoms with Crippen LogP contribution in [0.25, 0.3) is 11.0 Å². The second kappa shape index (κ2) is 8.12. The van der Waals surface area contributed by atoms with Crippen LogP contribution in [0.3, 0.4) is 0 Å². The highest BCUT2D eigenvalue weighted by molar-refractivity contribution is 6.44. The van der Waals surface area contributed by atoms with Gasteiger partial charge in [-0.15, -0.1) is 11.6 Å². The molecule has 1 aromatic carbocycles. The number of rotatable bonds is 4. The lowest BCUT2D eigenvalue weighted by atomic mass is 9.79. The summed E-state index contributed by atoms with van der Waals surface area (Å²) in [5.74, 6) is -0.0638. The first-order chi connectivity index (χ1) is 15.2. The van der Waals surface area contributed by atoms with Crippen LogP contribution in [0, 0.1) is 0 Å². The van der Waals surface area contributed by atoms with Gasteiger partial charge in [0.25, 0.3) is 5.91 Å². The number of carbonyl (C=O) groups excluding carboxylic acids is 1. The molecule has 2 aliphatic rings. The molecule has 0 bridgehead atoms. The van der Waals surface area contributed by atoms with Crippen LogP contribution in [0.5, 0.6) is 11.5 Å². The fourth-order valence-electron chi connectivity index (χ4n) is 3.84. The molecule has 1 aliphatic heterocycles. The summed E-state index contributed by atoms with van der Waals surface area (Å²) < 4.78 is 15.9. The Morgan fingerprint density at radius 1 is 1.31 bits per heavy atom. The Bertz CT molecular complexity index is 1190. The molecule has 0 unspecified atom stereocenters. The average Bonchev–Trinajstić information content (AvgIpc) is 2.79. The number of benzene rings is 1. The smallest absolute Gasteiger partial charge is 0.360 e. The molecule has 10 nitrogen and oxygen atoms in total. The van der Waals surface area contributed by atoms with Crippen molar-refractivity contribution in [3.05, 3.63) is 40.8 Å². The van der Waals surface area contributed by atoms with Gasteiger partial charge in [-0.3, -0.25) is 4.79 Å². The van der Waals surface area contributed by atoms with E-state index in [1.54, 1.807) is 12.1 Å². The summed E-state index contributed by atoms with van der Waals surface area (Å²) in [6.45, 7) is 0. The van der Waals surface area contributed by atoms with Crippen LogP contribution in [-0.2, 0) is 9.63 Å². The summed E-state index contributed by atoms with van der Waals surface area (Å²) in [4.78, 5) is 32.0. The third kappa shape index (κ3) is 3.40. The first-order valence-electron chi connectivity index (χ1n) is 9.63. The maximum atomic E-state index is 13.1. The number of carbonyl (C=O) groups is 1. The van der Waals surface area contributed by atoms with Crippen molar-refractivity contribution < 1.29 is 33.7 Å². The van der Waals surface area contributed by atoms with Crippen molar-refractivity contribution in [2.24, 2.45) is 5.16 Å². The topological polar surface area (TPSA) is 131 Å². The summed E-state index contributed by atoms with van der Waals surface area (Å²) in [5.41, 5.74) is -2.59. The van der Waals surface area contributed by atoms with E-state index in [0.29, 0.717) is 11.1 Å². The van der Waals surface area contributed by atoms with Crippen molar-refractivity contribution in [1.82, 2.24) is 0 Å². The van der Waals surface area contributed by atoms with Crippen molar-refractivity contribution in [3.63, 3.8) is 0 Å². The van der Waals surface area contributed by atoms with Crippen LogP contribution < -0.4 is 20.0 Å². The molecule has 1 amide bonds. The lowest BCUT2D eigenvalue weighted by Crippen LogP contribution is -2.61. The SMILES string of the molecule is COc1ccc2cc(N(C)C(=O)C3=NO[C@H]4[C@H](O)C=C[C@@H](Cl)[C@@]4(O)C3)c(=O)oc2c1OC. The third-order valence-electron chi connectivity index (χ3n) is 5.62. The molecular weight excluding hydrogens is 444 g/mol. The highest BCUT2D eigenvalue weighted by Crippen LogP contribution is 2.38. The second-order valence-corrected chi connectivity index (χ2v) is 7.98. The van der Waals surface area contributed by atoms with Crippen LogP contribution in [0.15, 0.2) is 44.7 Å². The fraction of sp³-hybridized carbons (Fsp3) is 0.381. The van der Waals surface area contributed by atoms with E-state index in [2.05, 4.69) is 5.16 Å². The van der Waals surface area contributed by atoms with Gasteiger partial charge in [0.05, 0.1) is 19.6 Å². The van der Waals surface area contributed by atoms with Gasteiger partial charge in [0, 0.05) is 18.9 Å². The Morgan fingerprint density at radius 2 is 2.06 bits per heavy atom. The summed E-state index contributed by atoms with van der Waals surface area (Å²) in [6.07, 6.45) is 0.301. The number of aliphatic hydroxyl groups excluding tert-OH is 1. The van der Waals surface area contributed by atoms with Gasteiger partial charge in [-0.05, 0) is 18.2 Å². The van der Waals surface area contributed by atoms with E-state index >= 15 is 0 Å². The van der Waals surface area contributed by atoms with Gasteiger partial charge in [0.2, 0.25) is 5.75 Å². The Balaban J connectivity index is 1.68. The molecule has 32 heavy (non-hydrogen) atoms. The van der Waals surface area contributed by atoms with Crippen LogP contribution in [-0.4, -0.2) is 66.3 Å². The highest BCUT2D eigenvalue weighted by Gasteiger charge is 2.53. The number of anilines is 1. The van der Waals surface area contributed by atoms with Gasteiger partial charge in [-0.25, -0.2) is 4.79 Å². The Kier molecular flexibility index (Phi) is 5.61. The largest absolute Gasteiger partial charge is 0.493 e. The van der Waals surface area contributed by atoms with E-state index in [9.17, 15) is 19.8 Å². The van der Waals surface area contributed by atoms with Gasteiger partial charge in [0.15, 0.2) is 17.4 Å². The van der Waals surface area contributed by atoms with Crippen molar-refractivity contribution in [2.75, 3.05) is 26.2 Å². The minimum absolute atomic E-state index is 0.0578. The molecule has 2 aromatic rings. The van der Waals surface area contributed by atoms with Gasteiger partial charge >= 0.3 is 5.63 Å². The molecule has 0 saturated carbocycles. The molecular formula is C21H21ClN2O8. The number of ether oxygens (including phenoxy) is 2. The molecule has 170 valence electrons. The van der Waals surface area contributed by atoms with Crippen molar-refractivity contribution >= 4 is 39.9 Å². The lowest BCUT2D eigenvalue weighted by molar-refractivity contribution is -0.154. The number of methoxy groups -OCH3 is 2. The molecule has 2 heterocycles. The number of aliphatic hydroxyl groups is 2. The number of oxime groups is 1. The number of hydrogen-bond acceptors (Lipinski definition) is 9. The second-order valence-electron chi connectivity index (χ2n) is 7.51. The van der Waals surface area contributed by atoms with E-state index < -0.39 is 34.7 Å². The van der Waals surface area contributed by atoms with E-state index in [-0.39, 0.29) is 29.2 Å². The maximum absolute atomic E-state index is 13.1. The molecule has 1 aliphatic carbocycles. The van der Waals surface area contributed by atoms with Gasteiger partial charge in [-0.2, -0.15) is 0 Å². The number of alkyl halides is 1. The van der Waals surface area contributed by atoms with E-state index in [4.69, 9.17) is 30.3 Å². The van der Waals surface area contributed by atoms with E-state index in [0.717, 1.165) is 4.90 Å². The highest BCUT2D eigenvalue weighted by atomic mass is 35.5.